The average Bonchev–Trinajstić information content (AvgIpc) is 3.62. The number of para-hydroxylation sites is 1. The topological polar surface area (TPSA) is 46.8 Å². The molecular weight excluding hydrogens is 538 g/mol. The van der Waals surface area contributed by atoms with Gasteiger partial charge in [0, 0.05) is 51.2 Å². The Morgan fingerprint density at radius 3 is 1.91 bits per heavy atom. The summed E-state index contributed by atoms with van der Waals surface area (Å²) in [5.41, 5.74) is 7.43. The fraction of sp³-hybridized carbons (Fsp3) is 0.308. The second-order valence-electron chi connectivity index (χ2n) is 12.9. The molecule has 6 aromatic rings. The first-order valence-electron chi connectivity index (χ1n) is 16.6. The maximum Gasteiger partial charge on any atom is 0.238 e. The number of aromatic nitrogens is 4. The Labute approximate surface area is 258 Å². The second kappa shape index (κ2) is 10.6. The SMILES string of the molecule is c1ccc(-c2nc(-c3ccccc3)nc(-n3c4ccccc4c4ccc5c(c43)[C@H]3CCCCC3N5C3CCCCC3)n2)cc1. The average molecular weight is 576 g/mol. The third-order valence-corrected chi connectivity index (χ3v) is 10.4. The molecule has 4 aromatic carbocycles. The Bertz CT molecular complexity index is 1920. The van der Waals surface area contributed by atoms with Gasteiger partial charge >= 0.3 is 0 Å². The van der Waals surface area contributed by atoms with Crippen LogP contribution >= 0.6 is 0 Å². The predicted molar refractivity (Wildman–Crippen MR) is 179 cm³/mol. The van der Waals surface area contributed by atoms with Crippen LogP contribution in [0.15, 0.2) is 97.1 Å². The van der Waals surface area contributed by atoms with Crippen molar-refractivity contribution in [1.82, 2.24) is 19.5 Å². The van der Waals surface area contributed by atoms with E-state index in [1.165, 1.54) is 85.3 Å². The molecule has 5 heteroatoms. The van der Waals surface area contributed by atoms with Gasteiger partial charge in [-0.05, 0) is 37.8 Å². The number of benzene rings is 4. The van der Waals surface area contributed by atoms with E-state index in [9.17, 15) is 0 Å². The lowest BCUT2D eigenvalue weighted by Gasteiger charge is -2.40. The quantitative estimate of drug-likeness (QED) is 0.210. The van der Waals surface area contributed by atoms with Crippen LogP contribution in [0.2, 0.25) is 0 Å². The van der Waals surface area contributed by atoms with Crippen molar-refractivity contribution in [3.63, 3.8) is 0 Å². The highest BCUT2D eigenvalue weighted by atomic mass is 15.2. The van der Waals surface area contributed by atoms with Gasteiger partial charge in [0.1, 0.15) is 0 Å². The molecule has 1 unspecified atom stereocenters. The van der Waals surface area contributed by atoms with Crippen LogP contribution in [0.3, 0.4) is 0 Å². The van der Waals surface area contributed by atoms with E-state index >= 15 is 0 Å². The van der Waals surface area contributed by atoms with E-state index in [-0.39, 0.29) is 0 Å². The maximum absolute atomic E-state index is 5.24. The molecule has 218 valence electrons. The van der Waals surface area contributed by atoms with Crippen LogP contribution in [-0.2, 0) is 0 Å². The number of hydrogen-bond donors (Lipinski definition) is 0. The standard InChI is InChI=1S/C39H37N5/c1-4-14-26(15-5-1)37-40-38(27-16-6-2-7-17-27)42-39(41-37)44-32-22-12-10-20-29(32)30-24-25-34-35(36(30)44)31-21-11-13-23-33(31)43(34)28-18-8-3-9-19-28/h1-2,4-7,10,12,14-17,20,22,24-25,28,31,33H,3,8-9,11,13,18-19,21,23H2/t31-,33?/m0/s1. The molecule has 0 radical (unpaired) electrons. The molecule has 1 aliphatic heterocycles. The summed E-state index contributed by atoms with van der Waals surface area (Å²) in [4.78, 5) is 18.4. The van der Waals surface area contributed by atoms with E-state index in [0.717, 1.165) is 16.6 Å². The molecule has 0 saturated heterocycles. The molecule has 44 heavy (non-hydrogen) atoms. The van der Waals surface area contributed by atoms with Gasteiger partial charge in [-0.2, -0.15) is 9.97 Å². The van der Waals surface area contributed by atoms with Gasteiger partial charge in [-0.15, -0.1) is 0 Å². The second-order valence-corrected chi connectivity index (χ2v) is 12.9. The molecule has 2 fully saturated rings. The largest absolute Gasteiger partial charge is 0.365 e. The number of hydrogen-bond acceptors (Lipinski definition) is 4. The van der Waals surface area contributed by atoms with E-state index in [1.54, 1.807) is 0 Å². The molecule has 0 spiro atoms. The minimum Gasteiger partial charge on any atom is -0.365 e. The molecule has 9 rings (SSSR count). The van der Waals surface area contributed by atoms with Gasteiger partial charge in [0.2, 0.25) is 5.95 Å². The summed E-state index contributed by atoms with van der Waals surface area (Å²) < 4.78 is 2.38. The van der Waals surface area contributed by atoms with E-state index in [4.69, 9.17) is 15.0 Å². The van der Waals surface area contributed by atoms with Crippen molar-refractivity contribution in [3.8, 4) is 28.7 Å². The van der Waals surface area contributed by atoms with Gasteiger partial charge in [-0.3, -0.25) is 4.57 Å². The number of nitrogens with zero attached hydrogens (tertiary/aromatic N) is 5. The first kappa shape index (κ1) is 25.9. The van der Waals surface area contributed by atoms with Gasteiger partial charge in [-0.1, -0.05) is 117 Å². The Kier molecular flexibility index (Phi) is 6.24. The Morgan fingerprint density at radius 2 is 1.18 bits per heavy atom. The van der Waals surface area contributed by atoms with Crippen LogP contribution in [0.5, 0.6) is 0 Å². The van der Waals surface area contributed by atoms with Gasteiger partial charge < -0.3 is 4.90 Å². The molecule has 3 heterocycles. The summed E-state index contributed by atoms with van der Waals surface area (Å²) in [5.74, 6) is 2.64. The number of fused-ring (bicyclic) bond motifs is 7. The van der Waals surface area contributed by atoms with Crippen LogP contribution in [-0.4, -0.2) is 31.6 Å². The molecule has 0 N–H and O–H groups in total. The lowest BCUT2D eigenvalue weighted by molar-refractivity contribution is 0.331. The third kappa shape index (κ3) is 4.09. The molecule has 2 saturated carbocycles. The zero-order valence-corrected chi connectivity index (χ0v) is 25.1. The lowest BCUT2D eigenvalue weighted by Crippen LogP contribution is -2.44. The first-order chi connectivity index (χ1) is 21.8. The zero-order valence-electron chi connectivity index (χ0n) is 25.1. The number of anilines is 1. The van der Waals surface area contributed by atoms with Crippen molar-refractivity contribution < 1.29 is 0 Å². The van der Waals surface area contributed by atoms with Crippen molar-refractivity contribution in [2.24, 2.45) is 0 Å². The van der Waals surface area contributed by atoms with Gasteiger partial charge in [0.25, 0.3) is 0 Å². The molecule has 0 amide bonds. The Balaban J connectivity index is 1.34. The van der Waals surface area contributed by atoms with E-state index in [2.05, 4.69) is 94.4 Å². The molecule has 0 bridgehead atoms. The highest BCUT2D eigenvalue weighted by Gasteiger charge is 2.44. The molecule has 5 nitrogen and oxygen atoms in total. The van der Waals surface area contributed by atoms with Crippen molar-refractivity contribution >= 4 is 27.5 Å². The Morgan fingerprint density at radius 1 is 0.545 bits per heavy atom. The van der Waals surface area contributed by atoms with Gasteiger partial charge in [0.05, 0.1) is 11.0 Å². The third-order valence-electron chi connectivity index (χ3n) is 10.4. The monoisotopic (exact) mass is 575 g/mol. The van der Waals surface area contributed by atoms with Crippen LogP contribution in [0.4, 0.5) is 5.69 Å². The fourth-order valence-corrected chi connectivity index (χ4v) is 8.55. The maximum atomic E-state index is 5.24. The summed E-state index contributed by atoms with van der Waals surface area (Å²) in [7, 11) is 0. The zero-order chi connectivity index (χ0) is 29.0. The Hall–Kier alpha value is -4.51. The van der Waals surface area contributed by atoms with Crippen molar-refractivity contribution in [3.05, 3.63) is 103 Å². The van der Waals surface area contributed by atoms with Crippen LogP contribution < -0.4 is 4.90 Å². The molecule has 3 aliphatic rings. The normalized spacial score (nSPS) is 20.2. The van der Waals surface area contributed by atoms with Crippen molar-refractivity contribution in [1.29, 1.82) is 0 Å². The highest BCUT2D eigenvalue weighted by Crippen LogP contribution is 2.54. The summed E-state index contributed by atoms with van der Waals surface area (Å²) in [6, 6.07) is 35.6. The highest BCUT2D eigenvalue weighted by molar-refractivity contribution is 6.12. The van der Waals surface area contributed by atoms with E-state index < -0.39 is 0 Å². The van der Waals surface area contributed by atoms with E-state index in [0.29, 0.717) is 35.6 Å². The van der Waals surface area contributed by atoms with Gasteiger partial charge in [0.15, 0.2) is 11.6 Å². The summed E-state index contributed by atoms with van der Waals surface area (Å²) in [6.07, 6.45) is 11.9. The van der Waals surface area contributed by atoms with Crippen LogP contribution in [0.25, 0.3) is 50.5 Å². The molecule has 2 atom stereocenters. The van der Waals surface area contributed by atoms with Crippen LogP contribution in [0.1, 0.15) is 69.3 Å². The van der Waals surface area contributed by atoms with Gasteiger partial charge in [-0.25, -0.2) is 4.98 Å². The molecular formula is C39H37N5. The minimum atomic E-state index is 0.538. The lowest BCUT2D eigenvalue weighted by atomic mass is 9.81. The van der Waals surface area contributed by atoms with Crippen molar-refractivity contribution in [2.75, 3.05) is 4.90 Å². The van der Waals surface area contributed by atoms with Crippen LogP contribution in [0, 0.1) is 0 Å². The molecule has 2 aromatic heterocycles. The molecule has 2 aliphatic carbocycles. The fourth-order valence-electron chi connectivity index (χ4n) is 8.55. The van der Waals surface area contributed by atoms with Crippen molar-refractivity contribution in [2.45, 2.75) is 75.8 Å². The van der Waals surface area contributed by atoms with E-state index in [1.807, 2.05) is 12.1 Å². The minimum absolute atomic E-state index is 0.538. The first-order valence-corrected chi connectivity index (χ1v) is 16.6. The summed E-state index contributed by atoms with van der Waals surface area (Å²) >= 11 is 0. The summed E-state index contributed by atoms with van der Waals surface area (Å²) in [6.45, 7) is 0. The smallest absolute Gasteiger partial charge is 0.238 e. The number of rotatable bonds is 4. The predicted octanol–water partition coefficient (Wildman–Crippen LogP) is 9.48. The summed E-state index contributed by atoms with van der Waals surface area (Å²) in [5, 5.41) is 2.56.